The number of nitrogens with one attached hydrogen (secondary N) is 1. The molecule has 0 radical (unpaired) electrons. The molecule has 0 amide bonds. The van der Waals surface area contributed by atoms with Gasteiger partial charge < -0.3 is 14.8 Å². The van der Waals surface area contributed by atoms with Gasteiger partial charge in [0.15, 0.2) is 22.5 Å². The molecular formula is C23H21ClF2N4O4S. The Kier molecular flexibility index (Phi) is 8.01. The molecule has 184 valence electrons. The van der Waals surface area contributed by atoms with E-state index in [0.717, 1.165) is 6.07 Å². The van der Waals surface area contributed by atoms with E-state index in [2.05, 4.69) is 15.3 Å². The molecule has 2 aliphatic rings. The normalized spacial score (nSPS) is 21.1. The van der Waals surface area contributed by atoms with E-state index in [-0.39, 0.29) is 23.8 Å². The molecule has 12 heteroatoms. The number of thiazole rings is 1. The Morgan fingerprint density at radius 2 is 2.26 bits per heavy atom. The molecule has 4 rings (SSSR count). The van der Waals surface area contributed by atoms with Gasteiger partial charge in [0.25, 0.3) is 0 Å². The predicted molar refractivity (Wildman–Crippen MR) is 126 cm³/mol. The summed E-state index contributed by atoms with van der Waals surface area (Å²) in [6.07, 6.45) is 5.02. The summed E-state index contributed by atoms with van der Waals surface area (Å²) < 4.78 is 38.9. The van der Waals surface area contributed by atoms with Gasteiger partial charge in [-0.15, -0.1) is 11.3 Å². The van der Waals surface area contributed by atoms with E-state index in [4.69, 9.17) is 21.1 Å². The molecule has 1 saturated heterocycles. The summed E-state index contributed by atoms with van der Waals surface area (Å²) in [5, 5.41) is 5.03. The van der Waals surface area contributed by atoms with E-state index in [1.165, 1.54) is 30.6 Å². The lowest BCUT2D eigenvalue weighted by Gasteiger charge is -2.34. The predicted octanol–water partition coefficient (Wildman–Crippen LogP) is 3.05. The number of aromatic nitrogens is 1. The van der Waals surface area contributed by atoms with Gasteiger partial charge >= 0.3 is 5.97 Å². The SMILES string of the molecule is COC(=O)C1=C(CN2CCO[C@H](/C=C/C=O)C2)NC(c2nccs2)=N[C@H]1c1ccc(F)c(F)c1Cl. The van der Waals surface area contributed by atoms with Gasteiger partial charge in [0.05, 0.1) is 30.4 Å². The van der Waals surface area contributed by atoms with Crippen LogP contribution in [0.25, 0.3) is 0 Å². The summed E-state index contributed by atoms with van der Waals surface area (Å²) in [5.41, 5.74) is 0.697. The third-order valence-electron chi connectivity index (χ3n) is 5.49. The van der Waals surface area contributed by atoms with Crippen LogP contribution in [0.2, 0.25) is 5.02 Å². The first kappa shape index (κ1) is 25.1. The highest BCUT2D eigenvalue weighted by atomic mass is 35.5. The van der Waals surface area contributed by atoms with Crippen molar-refractivity contribution in [3.8, 4) is 0 Å². The number of allylic oxidation sites excluding steroid dienone is 1. The number of hydrogen-bond acceptors (Lipinski definition) is 9. The fourth-order valence-corrected chi connectivity index (χ4v) is 4.73. The van der Waals surface area contributed by atoms with Crippen LogP contribution in [0.3, 0.4) is 0 Å². The van der Waals surface area contributed by atoms with Gasteiger partial charge in [-0.1, -0.05) is 23.7 Å². The zero-order valence-corrected chi connectivity index (χ0v) is 20.1. The number of morpholine rings is 1. The summed E-state index contributed by atoms with van der Waals surface area (Å²) in [6.45, 7) is 1.71. The maximum absolute atomic E-state index is 14.4. The van der Waals surface area contributed by atoms with E-state index in [9.17, 15) is 18.4 Å². The van der Waals surface area contributed by atoms with E-state index >= 15 is 0 Å². The van der Waals surface area contributed by atoms with Crippen molar-refractivity contribution in [3.63, 3.8) is 0 Å². The lowest BCUT2D eigenvalue weighted by atomic mass is 9.95. The molecule has 1 N–H and O–H groups in total. The average Bonchev–Trinajstić information content (AvgIpc) is 3.41. The van der Waals surface area contributed by atoms with Gasteiger partial charge in [0, 0.05) is 42.5 Å². The minimum Gasteiger partial charge on any atom is -0.466 e. The number of methoxy groups -OCH3 is 1. The Labute approximate surface area is 208 Å². The van der Waals surface area contributed by atoms with Crippen molar-refractivity contribution < 1.29 is 27.8 Å². The molecule has 0 aliphatic carbocycles. The Hall–Kier alpha value is -2.99. The molecule has 1 aromatic heterocycles. The molecule has 35 heavy (non-hydrogen) atoms. The first-order valence-corrected chi connectivity index (χ1v) is 11.8. The summed E-state index contributed by atoms with van der Waals surface area (Å²) in [7, 11) is 1.23. The van der Waals surface area contributed by atoms with Crippen LogP contribution in [0, 0.1) is 11.6 Å². The van der Waals surface area contributed by atoms with Crippen LogP contribution in [-0.4, -0.2) is 67.4 Å². The number of esters is 1. The number of halogens is 3. The topological polar surface area (TPSA) is 93.1 Å². The van der Waals surface area contributed by atoms with E-state index in [0.29, 0.717) is 42.5 Å². The molecule has 0 saturated carbocycles. The number of carbonyl (C=O) groups excluding carboxylic acids is 2. The van der Waals surface area contributed by atoms with Crippen LogP contribution in [0.1, 0.15) is 16.6 Å². The molecule has 1 fully saturated rings. The number of amidine groups is 1. The number of aliphatic imine (C=N–C) groups is 1. The number of aldehydes is 1. The third kappa shape index (κ3) is 5.48. The smallest absolute Gasteiger partial charge is 0.338 e. The highest BCUT2D eigenvalue weighted by Crippen LogP contribution is 2.38. The van der Waals surface area contributed by atoms with E-state index in [1.807, 2.05) is 4.90 Å². The van der Waals surface area contributed by atoms with Gasteiger partial charge in [0.1, 0.15) is 12.3 Å². The summed E-state index contributed by atoms with van der Waals surface area (Å²) in [4.78, 5) is 34.6. The molecule has 3 heterocycles. The van der Waals surface area contributed by atoms with Crippen molar-refractivity contribution in [2.24, 2.45) is 4.99 Å². The number of benzene rings is 1. The summed E-state index contributed by atoms with van der Waals surface area (Å²) in [6, 6.07) is 1.18. The fourth-order valence-electron chi connectivity index (χ4n) is 3.88. The largest absolute Gasteiger partial charge is 0.466 e. The minimum absolute atomic E-state index is 0.118. The minimum atomic E-state index is -1.22. The van der Waals surface area contributed by atoms with Crippen molar-refractivity contribution in [3.05, 3.63) is 74.4 Å². The van der Waals surface area contributed by atoms with Gasteiger partial charge in [-0.05, 0) is 12.1 Å². The zero-order chi connectivity index (χ0) is 24.9. The molecule has 0 spiro atoms. The monoisotopic (exact) mass is 522 g/mol. The average molecular weight is 523 g/mol. The van der Waals surface area contributed by atoms with Crippen LogP contribution >= 0.6 is 22.9 Å². The Balaban J connectivity index is 1.78. The van der Waals surface area contributed by atoms with Crippen molar-refractivity contribution in [2.45, 2.75) is 12.1 Å². The summed E-state index contributed by atoms with van der Waals surface area (Å²) >= 11 is 7.49. The number of hydrogen-bond donors (Lipinski definition) is 1. The molecule has 2 atom stereocenters. The van der Waals surface area contributed by atoms with Crippen LogP contribution < -0.4 is 5.32 Å². The fraction of sp³-hybridized carbons (Fsp3) is 0.304. The highest BCUT2D eigenvalue weighted by Gasteiger charge is 2.35. The lowest BCUT2D eigenvalue weighted by Crippen LogP contribution is -2.46. The van der Waals surface area contributed by atoms with Gasteiger partial charge in [-0.3, -0.25) is 14.7 Å². The second-order valence-electron chi connectivity index (χ2n) is 7.66. The second-order valence-corrected chi connectivity index (χ2v) is 8.93. The lowest BCUT2D eigenvalue weighted by molar-refractivity contribution is -0.136. The quantitative estimate of drug-likeness (QED) is 0.258. The number of nitrogens with zero attached hydrogens (tertiary/aromatic N) is 3. The third-order valence-corrected chi connectivity index (χ3v) is 6.65. The Morgan fingerprint density at radius 1 is 1.43 bits per heavy atom. The van der Waals surface area contributed by atoms with Crippen molar-refractivity contribution in [2.75, 3.05) is 33.4 Å². The van der Waals surface area contributed by atoms with Gasteiger partial charge in [-0.25, -0.2) is 18.6 Å². The Morgan fingerprint density at radius 3 is 2.97 bits per heavy atom. The summed E-state index contributed by atoms with van der Waals surface area (Å²) in [5.74, 6) is -2.66. The van der Waals surface area contributed by atoms with Gasteiger partial charge in [-0.2, -0.15) is 0 Å². The molecule has 2 aromatic rings. The molecule has 0 unspecified atom stereocenters. The molecular weight excluding hydrogens is 502 g/mol. The molecule has 1 aromatic carbocycles. The van der Waals surface area contributed by atoms with Crippen LogP contribution in [-0.2, 0) is 19.1 Å². The molecule has 2 aliphatic heterocycles. The second kappa shape index (κ2) is 11.2. The van der Waals surface area contributed by atoms with E-state index in [1.54, 1.807) is 17.7 Å². The van der Waals surface area contributed by atoms with Crippen molar-refractivity contribution in [1.29, 1.82) is 0 Å². The van der Waals surface area contributed by atoms with Crippen molar-refractivity contribution >= 4 is 41.0 Å². The zero-order valence-electron chi connectivity index (χ0n) is 18.5. The number of carbonyl (C=O) groups is 2. The first-order valence-electron chi connectivity index (χ1n) is 10.6. The van der Waals surface area contributed by atoms with Crippen molar-refractivity contribution in [1.82, 2.24) is 15.2 Å². The van der Waals surface area contributed by atoms with Crippen LogP contribution in [0.15, 0.2) is 52.1 Å². The van der Waals surface area contributed by atoms with E-state index < -0.39 is 28.7 Å². The number of rotatable bonds is 7. The first-order chi connectivity index (χ1) is 16.9. The highest BCUT2D eigenvalue weighted by molar-refractivity contribution is 7.11. The maximum Gasteiger partial charge on any atom is 0.338 e. The van der Waals surface area contributed by atoms with Gasteiger partial charge in [0.2, 0.25) is 0 Å². The van der Waals surface area contributed by atoms with Crippen LogP contribution in [0.5, 0.6) is 0 Å². The Bertz CT molecular complexity index is 1200. The number of ether oxygens (including phenoxy) is 2. The maximum atomic E-state index is 14.4. The van der Waals surface area contributed by atoms with Crippen LogP contribution in [0.4, 0.5) is 8.78 Å². The molecule has 8 nitrogen and oxygen atoms in total. The standard InChI is InChI=1S/C23H21ClF2N4O4S/c1-33-23(32)17-16(12-30-7-9-34-13(11-30)3-2-8-31)28-21(22-27-6-10-35-22)29-20(17)14-4-5-15(25)19(26)18(14)24/h2-6,8,10,13,20H,7,9,11-12H2,1H3,(H,28,29)/b3-2+/t13-,20+/m1/s1. The molecule has 0 bridgehead atoms.